The van der Waals surface area contributed by atoms with Gasteiger partial charge in [-0.05, 0) is 68.4 Å². The second kappa shape index (κ2) is 6.31. The number of H-pyrrole nitrogens is 1. The monoisotopic (exact) mass is 393 g/mol. The Morgan fingerprint density at radius 1 is 1.28 bits per heavy atom. The molecule has 0 radical (unpaired) electrons. The van der Waals surface area contributed by atoms with E-state index >= 15 is 0 Å². The second-order valence-corrected chi connectivity index (χ2v) is 10.2. The molecule has 3 aliphatic carbocycles. The van der Waals surface area contributed by atoms with E-state index in [4.69, 9.17) is 4.74 Å². The molecule has 29 heavy (non-hydrogen) atoms. The Bertz CT molecular complexity index is 946. The number of fused-ring (bicyclic) bond motifs is 1. The van der Waals surface area contributed by atoms with Crippen molar-refractivity contribution in [2.75, 3.05) is 7.11 Å². The van der Waals surface area contributed by atoms with E-state index in [2.05, 4.69) is 40.2 Å². The number of aromatic nitrogens is 2. The van der Waals surface area contributed by atoms with Crippen LogP contribution in [0.15, 0.2) is 18.2 Å². The van der Waals surface area contributed by atoms with Crippen LogP contribution in [0.2, 0.25) is 0 Å². The van der Waals surface area contributed by atoms with Crippen molar-refractivity contribution in [3.63, 3.8) is 0 Å². The predicted octanol–water partition coefficient (Wildman–Crippen LogP) is 4.49. The zero-order valence-electron chi connectivity index (χ0n) is 17.5. The van der Waals surface area contributed by atoms with Gasteiger partial charge in [-0.3, -0.25) is 9.89 Å². The van der Waals surface area contributed by atoms with Gasteiger partial charge in [0.25, 0.3) is 0 Å². The first-order valence-corrected chi connectivity index (χ1v) is 11.4. The van der Waals surface area contributed by atoms with Gasteiger partial charge in [0, 0.05) is 42.6 Å². The molecular weight excluding hydrogens is 362 g/mol. The molecule has 3 unspecified atom stereocenters. The van der Waals surface area contributed by atoms with Crippen LogP contribution in [0, 0.1) is 5.92 Å². The highest BCUT2D eigenvalue weighted by Gasteiger charge is 2.56. The molecule has 0 spiro atoms. The summed E-state index contributed by atoms with van der Waals surface area (Å²) in [6.45, 7) is 2.18. The molecule has 5 nitrogen and oxygen atoms in total. The number of ether oxygens (including phenoxy) is 1. The highest BCUT2D eigenvalue weighted by atomic mass is 16.5. The number of nitrogens with zero attached hydrogens (tertiary/aromatic N) is 2. The van der Waals surface area contributed by atoms with Crippen LogP contribution < -0.4 is 0 Å². The van der Waals surface area contributed by atoms with Crippen LogP contribution in [0.4, 0.5) is 0 Å². The van der Waals surface area contributed by atoms with E-state index in [1.807, 2.05) is 7.11 Å². The molecule has 1 aromatic carbocycles. The highest BCUT2D eigenvalue weighted by Crippen LogP contribution is 2.53. The maximum absolute atomic E-state index is 13.4. The van der Waals surface area contributed by atoms with E-state index in [-0.39, 0.29) is 11.5 Å². The average Bonchev–Trinajstić information content (AvgIpc) is 3.45. The van der Waals surface area contributed by atoms with Crippen molar-refractivity contribution in [2.45, 2.75) is 87.8 Å². The predicted molar refractivity (Wildman–Crippen MR) is 112 cm³/mol. The minimum Gasteiger partial charge on any atom is -0.378 e. The van der Waals surface area contributed by atoms with E-state index in [0.29, 0.717) is 30.3 Å². The lowest BCUT2D eigenvalue weighted by molar-refractivity contribution is -0.183. The number of benzene rings is 1. The fourth-order valence-corrected chi connectivity index (χ4v) is 6.89. The summed E-state index contributed by atoms with van der Waals surface area (Å²) in [4.78, 5) is 15.7. The summed E-state index contributed by atoms with van der Waals surface area (Å²) in [5, 5.41) is 9.11. The lowest BCUT2D eigenvalue weighted by Gasteiger charge is -2.61. The second-order valence-electron chi connectivity index (χ2n) is 10.2. The Hall–Kier alpha value is -1.88. The van der Waals surface area contributed by atoms with Crippen molar-refractivity contribution >= 4 is 16.8 Å². The first kappa shape index (κ1) is 17.9. The molecule has 2 saturated heterocycles. The largest absolute Gasteiger partial charge is 0.378 e. The van der Waals surface area contributed by atoms with Crippen LogP contribution in [0.3, 0.4) is 0 Å². The van der Waals surface area contributed by atoms with Gasteiger partial charge in [0.05, 0.1) is 11.1 Å². The highest BCUT2D eigenvalue weighted by molar-refractivity contribution is 5.87. The van der Waals surface area contributed by atoms with E-state index in [1.54, 1.807) is 0 Å². The summed E-state index contributed by atoms with van der Waals surface area (Å²) < 4.78 is 5.96. The number of hydrogen-bond donors (Lipinski definition) is 1. The minimum absolute atomic E-state index is 0.0393. The molecular formula is C24H31N3O2. The van der Waals surface area contributed by atoms with Gasteiger partial charge < -0.3 is 9.64 Å². The first-order chi connectivity index (χ1) is 14.1. The number of nitrogens with one attached hydrogen (secondary N) is 1. The smallest absolute Gasteiger partial charge is 0.223 e. The molecule has 7 rings (SSSR count). The van der Waals surface area contributed by atoms with E-state index < -0.39 is 0 Å². The summed E-state index contributed by atoms with van der Waals surface area (Å²) in [5.41, 5.74) is 3.65. The average molecular weight is 394 g/mol. The van der Waals surface area contributed by atoms with E-state index in [1.165, 1.54) is 43.1 Å². The quantitative estimate of drug-likeness (QED) is 0.814. The van der Waals surface area contributed by atoms with Gasteiger partial charge in [-0.2, -0.15) is 5.10 Å². The summed E-state index contributed by atoms with van der Waals surface area (Å²) in [6, 6.07) is 7.20. The Kier molecular flexibility index (Phi) is 3.90. The van der Waals surface area contributed by atoms with Crippen LogP contribution in [0.1, 0.15) is 81.4 Å². The van der Waals surface area contributed by atoms with E-state index in [9.17, 15) is 4.79 Å². The van der Waals surface area contributed by atoms with Crippen molar-refractivity contribution in [1.82, 2.24) is 15.1 Å². The van der Waals surface area contributed by atoms with Crippen LogP contribution in [-0.2, 0) is 9.53 Å². The van der Waals surface area contributed by atoms with Crippen molar-refractivity contribution < 1.29 is 9.53 Å². The fraction of sp³-hybridized carbons (Fsp3) is 0.667. The maximum atomic E-state index is 13.4. The Morgan fingerprint density at radius 2 is 2.03 bits per heavy atom. The third-order valence-corrected chi connectivity index (χ3v) is 8.23. The van der Waals surface area contributed by atoms with E-state index in [0.717, 1.165) is 30.0 Å². The summed E-state index contributed by atoms with van der Waals surface area (Å²) in [6.07, 6.45) is 8.69. The Morgan fingerprint density at radius 3 is 2.72 bits per heavy atom. The maximum Gasteiger partial charge on any atom is 0.223 e. The summed E-state index contributed by atoms with van der Waals surface area (Å²) >= 11 is 0. The number of aromatic amines is 1. The molecule has 154 valence electrons. The van der Waals surface area contributed by atoms with Gasteiger partial charge in [-0.25, -0.2) is 0 Å². The number of carbonyl (C=O) groups excluding carboxylic acids is 1. The van der Waals surface area contributed by atoms with Gasteiger partial charge in [0.15, 0.2) is 0 Å². The van der Waals surface area contributed by atoms with Crippen LogP contribution in [-0.4, -0.2) is 45.8 Å². The molecule has 2 aliphatic heterocycles. The first-order valence-electron chi connectivity index (χ1n) is 11.4. The van der Waals surface area contributed by atoms with Crippen molar-refractivity contribution in [3.8, 4) is 0 Å². The minimum atomic E-state index is 0.0393. The molecule has 3 heterocycles. The molecule has 1 N–H and O–H groups in total. The molecule has 3 atom stereocenters. The van der Waals surface area contributed by atoms with Gasteiger partial charge in [-0.1, -0.05) is 19.1 Å². The third-order valence-electron chi connectivity index (χ3n) is 8.23. The number of amides is 1. The molecule has 5 fully saturated rings. The number of rotatable bonds is 5. The van der Waals surface area contributed by atoms with Crippen molar-refractivity contribution in [1.29, 1.82) is 0 Å². The van der Waals surface area contributed by atoms with Crippen molar-refractivity contribution in [2.24, 2.45) is 5.92 Å². The van der Waals surface area contributed by atoms with Gasteiger partial charge in [0.2, 0.25) is 5.91 Å². The molecule has 4 bridgehead atoms. The molecule has 2 aromatic rings. The molecule has 5 heteroatoms. The third kappa shape index (κ3) is 2.77. The lowest BCUT2D eigenvalue weighted by Crippen LogP contribution is -2.66. The molecule has 1 aromatic heterocycles. The fourth-order valence-electron chi connectivity index (χ4n) is 6.89. The van der Waals surface area contributed by atoms with Gasteiger partial charge in [0.1, 0.15) is 0 Å². The van der Waals surface area contributed by atoms with Crippen molar-refractivity contribution in [3.05, 3.63) is 29.5 Å². The summed E-state index contributed by atoms with van der Waals surface area (Å²) in [5.74, 6) is 1.90. The van der Waals surface area contributed by atoms with Crippen LogP contribution in [0.5, 0.6) is 0 Å². The lowest BCUT2D eigenvalue weighted by atomic mass is 9.61. The number of methoxy groups -OCH3 is 1. The number of hydrogen-bond acceptors (Lipinski definition) is 3. The van der Waals surface area contributed by atoms with Crippen LogP contribution >= 0.6 is 0 Å². The number of carbonyl (C=O) groups is 1. The van der Waals surface area contributed by atoms with Gasteiger partial charge >= 0.3 is 0 Å². The topological polar surface area (TPSA) is 58.2 Å². The zero-order chi connectivity index (χ0) is 19.8. The number of piperidine rings is 2. The molecule has 1 amide bonds. The zero-order valence-corrected chi connectivity index (χ0v) is 17.5. The Balaban J connectivity index is 1.24. The summed E-state index contributed by atoms with van der Waals surface area (Å²) in [7, 11) is 1.86. The van der Waals surface area contributed by atoms with Gasteiger partial charge in [-0.15, -0.1) is 0 Å². The Labute approximate surface area is 172 Å². The molecule has 5 aliphatic rings. The normalized spacial score (nSPS) is 34.1. The van der Waals surface area contributed by atoms with Crippen LogP contribution in [0.25, 0.3) is 10.9 Å². The molecule has 3 saturated carbocycles. The standard InChI is InChI=1S/C24H31N3O2/c1-14(23-22-19(16-6-7-16)4-3-5-20(22)25-26-23)8-21(28)27-17-9-15-10-18(27)13-24(11-15,12-17)29-2/h3-5,14-18H,6-13H2,1-2H3,(H,25,26). The SMILES string of the molecule is COC12CC3CC(C1)N(C(=O)CC(C)c1[nH]nc4cccc(C5CC5)c14)C(C3)C2.